The topological polar surface area (TPSA) is 101 Å². The van der Waals surface area contributed by atoms with Gasteiger partial charge in [-0.2, -0.15) is 0 Å². The van der Waals surface area contributed by atoms with Crippen LogP contribution in [-0.4, -0.2) is 34.4 Å². The first kappa shape index (κ1) is 20.8. The van der Waals surface area contributed by atoms with E-state index in [9.17, 15) is 14.4 Å². The molecule has 0 radical (unpaired) electrons. The van der Waals surface area contributed by atoms with Crippen LogP contribution in [0.1, 0.15) is 53.4 Å². The fourth-order valence-corrected chi connectivity index (χ4v) is 3.12. The van der Waals surface area contributed by atoms with Gasteiger partial charge in [-0.25, -0.2) is 9.59 Å². The fraction of sp³-hybridized carbons (Fsp3) is 0.632. The van der Waals surface area contributed by atoms with Crippen LogP contribution in [0, 0.1) is 0 Å². The van der Waals surface area contributed by atoms with Gasteiger partial charge in [-0.3, -0.25) is 4.79 Å². The van der Waals surface area contributed by atoms with E-state index >= 15 is 0 Å². The van der Waals surface area contributed by atoms with Gasteiger partial charge in [-0.05, 0) is 46.6 Å². The maximum atomic E-state index is 12.4. The fourth-order valence-electron chi connectivity index (χ4n) is 3.12. The van der Waals surface area contributed by atoms with Gasteiger partial charge < -0.3 is 25.3 Å². The average Bonchev–Trinajstić information content (AvgIpc) is 2.56. The van der Waals surface area contributed by atoms with Crippen LogP contribution in [0.15, 0.2) is 23.1 Å². The number of pyridine rings is 1. The number of aryl methyl sites for hydroxylation is 1. The van der Waals surface area contributed by atoms with E-state index < -0.39 is 11.7 Å². The molecule has 0 spiro atoms. The number of rotatable bonds is 4. The number of hydrogen-bond donors (Lipinski definition) is 3. The van der Waals surface area contributed by atoms with Crippen molar-refractivity contribution in [1.29, 1.82) is 0 Å². The highest BCUT2D eigenvalue weighted by Crippen LogP contribution is 2.19. The molecule has 2 rings (SSSR count). The summed E-state index contributed by atoms with van der Waals surface area (Å²) in [6, 6.07) is 2.28. The molecule has 3 amide bonds. The van der Waals surface area contributed by atoms with Crippen LogP contribution in [-0.2, 0) is 11.3 Å². The molecule has 0 aliphatic heterocycles. The Bertz CT molecular complexity index is 723. The number of anilines is 1. The third kappa shape index (κ3) is 6.62. The van der Waals surface area contributed by atoms with Crippen molar-refractivity contribution < 1.29 is 14.3 Å². The summed E-state index contributed by atoms with van der Waals surface area (Å²) in [5.74, 6) is 0. The minimum atomic E-state index is -0.568. The van der Waals surface area contributed by atoms with Gasteiger partial charge in [0.25, 0.3) is 5.56 Å². The molecule has 1 heterocycles. The van der Waals surface area contributed by atoms with Crippen LogP contribution in [0.5, 0.6) is 0 Å². The van der Waals surface area contributed by atoms with Gasteiger partial charge in [0.15, 0.2) is 0 Å². The minimum Gasteiger partial charge on any atom is -0.444 e. The Morgan fingerprint density at radius 1 is 1.15 bits per heavy atom. The van der Waals surface area contributed by atoms with E-state index in [1.165, 1.54) is 10.6 Å². The molecule has 0 saturated heterocycles. The van der Waals surface area contributed by atoms with E-state index in [2.05, 4.69) is 16.0 Å². The summed E-state index contributed by atoms with van der Waals surface area (Å²) in [4.78, 5) is 36.1. The molecule has 8 nitrogen and oxygen atoms in total. The van der Waals surface area contributed by atoms with Crippen molar-refractivity contribution in [2.24, 2.45) is 0 Å². The standard InChI is InChI=1S/C19H30N4O4/c1-5-23-12-13(10-11-16(23)24)20-17(25)21-14-8-6-7-9-15(14)22-18(26)27-19(2,3)4/h10-12,14-15H,5-9H2,1-4H3,(H,22,26)(H2,20,21,25)/t14-,15-/m1/s1. The molecule has 1 aliphatic carbocycles. The number of urea groups is 1. The van der Waals surface area contributed by atoms with Gasteiger partial charge in [0.2, 0.25) is 0 Å². The predicted octanol–water partition coefficient (Wildman–Crippen LogP) is 2.83. The third-order valence-corrected chi connectivity index (χ3v) is 4.37. The zero-order valence-corrected chi connectivity index (χ0v) is 16.5. The first-order chi connectivity index (χ1) is 12.7. The van der Waals surface area contributed by atoms with Crippen LogP contribution in [0.3, 0.4) is 0 Å². The molecule has 1 fully saturated rings. The van der Waals surface area contributed by atoms with E-state index in [-0.39, 0.29) is 23.7 Å². The van der Waals surface area contributed by atoms with Crippen molar-refractivity contribution in [3.05, 3.63) is 28.7 Å². The smallest absolute Gasteiger partial charge is 0.407 e. The quantitative estimate of drug-likeness (QED) is 0.750. The van der Waals surface area contributed by atoms with Gasteiger partial charge >= 0.3 is 12.1 Å². The number of ether oxygens (including phenoxy) is 1. The molecule has 1 aromatic heterocycles. The Balaban J connectivity index is 1.95. The van der Waals surface area contributed by atoms with Crippen LogP contribution in [0.25, 0.3) is 0 Å². The Morgan fingerprint density at radius 2 is 1.78 bits per heavy atom. The largest absolute Gasteiger partial charge is 0.444 e. The Morgan fingerprint density at radius 3 is 2.37 bits per heavy atom. The van der Waals surface area contributed by atoms with Crippen molar-refractivity contribution in [2.75, 3.05) is 5.32 Å². The van der Waals surface area contributed by atoms with E-state index in [1.807, 2.05) is 27.7 Å². The highest BCUT2D eigenvalue weighted by atomic mass is 16.6. The molecule has 3 N–H and O–H groups in total. The van der Waals surface area contributed by atoms with Crippen molar-refractivity contribution >= 4 is 17.8 Å². The van der Waals surface area contributed by atoms with Crippen molar-refractivity contribution in [3.63, 3.8) is 0 Å². The molecule has 27 heavy (non-hydrogen) atoms. The highest BCUT2D eigenvalue weighted by Gasteiger charge is 2.29. The maximum Gasteiger partial charge on any atom is 0.407 e. The summed E-state index contributed by atoms with van der Waals surface area (Å²) in [5, 5.41) is 8.55. The van der Waals surface area contributed by atoms with Gasteiger partial charge in [-0.15, -0.1) is 0 Å². The number of nitrogens with one attached hydrogen (secondary N) is 3. The normalized spacial score (nSPS) is 19.9. The number of aromatic nitrogens is 1. The molecule has 2 atom stereocenters. The predicted molar refractivity (Wildman–Crippen MR) is 104 cm³/mol. The molecule has 8 heteroatoms. The van der Waals surface area contributed by atoms with Gasteiger partial charge in [0.1, 0.15) is 5.60 Å². The molecule has 0 bridgehead atoms. The van der Waals surface area contributed by atoms with Crippen molar-refractivity contribution in [2.45, 2.75) is 77.6 Å². The number of alkyl carbamates (subject to hydrolysis) is 1. The summed E-state index contributed by atoms with van der Waals surface area (Å²) < 4.78 is 6.83. The SMILES string of the molecule is CCn1cc(NC(=O)N[C@@H]2CCCC[C@H]2NC(=O)OC(C)(C)C)ccc1=O. The molecular formula is C19H30N4O4. The molecule has 150 valence electrons. The van der Waals surface area contributed by atoms with Gasteiger partial charge in [0, 0.05) is 18.8 Å². The van der Waals surface area contributed by atoms with E-state index in [4.69, 9.17) is 4.74 Å². The Labute approximate surface area is 159 Å². The molecular weight excluding hydrogens is 348 g/mol. The lowest BCUT2D eigenvalue weighted by molar-refractivity contribution is 0.0481. The maximum absolute atomic E-state index is 12.4. The summed E-state index contributed by atoms with van der Waals surface area (Å²) >= 11 is 0. The Hall–Kier alpha value is -2.51. The van der Waals surface area contributed by atoms with Crippen LogP contribution in [0.4, 0.5) is 15.3 Å². The summed E-state index contributed by atoms with van der Waals surface area (Å²) in [6.07, 6.45) is 4.67. The van der Waals surface area contributed by atoms with E-state index in [0.29, 0.717) is 12.2 Å². The van der Waals surface area contributed by atoms with E-state index in [0.717, 1.165) is 25.7 Å². The number of carbonyl (C=O) groups is 2. The summed E-state index contributed by atoms with van der Waals surface area (Å²) in [5.41, 5.74) is -0.139. The number of amides is 3. The molecule has 1 aromatic rings. The third-order valence-electron chi connectivity index (χ3n) is 4.37. The lowest BCUT2D eigenvalue weighted by Gasteiger charge is -2.33. The number of hydrogen-bond acceptors (Lipinski definition) is 4. The summed E-state index contributed by atoms with van der Waals surface area (Å²) in [7, 11) is 0. The van der Waals surface area contributed by atoms with Gasteiger partial charge in [-0.1, -0.05) is 12.8 Å². The van der Waals surface area contributed by atoms with Crippen molar-refractivity contribution in [3.8, 4) is 0 Å². The molecule has 0 unspecified atom stereocenters. The van der Waals surface area contributed by atoms with Crippen molar-refractivity contribution in [1.82, 2.24) is 15.2 Å². The highest BCUT2D eigenvalue weighted by molar-refractivity contribution is 5.89. The van der Waals surface area contributed by atoms with Crippen LogP contribution >= 0.6 is 0 Å². The molecule has 1 saturated carbocycles. The monoisotopic (exact) mass is 378 g/mol. The lowest BCUT2D eigenvalue weighted by Crippen LogP contribution is -2.54. The minimum absolute atomic E-state index is 0.114. The zero-order valence-electron chi connectivity index (χ0n) is 16.5. The second kappa shape index (κ2) is 8.92. The van der Waals surface area contributed by atoms with Crippen LogP contribution in [0.2, 0.25) is 0 Å². The molecule has 1 aliphatic rings. The lowest BCUT2D eigenvalue weighted by atomic mass is 9.90. The van der Waals surface area contributed by atoms with Crippen LogP contribution < -0.4 is 21.5 Å². The second-order valence-electron chi connectivity index (χ2n) is 7.78. The Kier molecular flexibility index (Phi) is 6.87. The zero-order chi connectivity index (χ0) is 20.0. The first-order valence-corrected chi connectivity index (χ1v) is 9.45. The summed E-state index contributed by atoms with van der Waals surface area (Å²) in [6.45, 7) is 7.83. The van der Waals surface area contributed by atoms with E-state index in [1.54, 1.807) is 12.3 Å². The number of nitrogens with zero attached hydrogens (tertiary/aromatic N) is 1. The average molecular weight is 378 g/mol. The molecule has 0 aromatic carbocycles. The first-order valence-electron chi connectivity index (χ1n) is 9.45. The second-order valence-corrected chi connectivity index (χ2v) is 7.78. The van der Waals surface area contributed by atoms with Gasteiger partial charge in [0.05, 0.1) is 17.8 Å². The number of carbonyl (C=O) groups excluding carboxylic acids is 2.